The first-order chi connectivity index (χ1) is 14.1. The highest BCUT2D eigenvalue weighted by atomic mass is 79.9. The first-order valence-corrected chi connectivity index (χ1v) is 11.6. The summed E-state index contributed by atoms with van der Waals surface area (Å²) < 4.78 is 40.8. The molecule has 7 nitrogen and oxygen atoms in total. The number of anilines is 1. The maximum atomic E-state index is 13.4. The van der Waals surface area contributed by atoms with E-state index in [-0.39, 0.29) is 45.9 Å². The van der Waals surface area contributed by atoms with Crippen molar-refractivity contribution in [2.45, 2.75) is 23.3 Å². The minimum atomic E-state index is -4.02. The zero-order valence-corrected chi connectivity index (χ0v) is 18.8. The Bertz CT molecular complexity index is 1070. The van der Waals surface area contributed by atoms with Gasteiger partial charge in [-0.25, -0.2) is 12.8 Å². The van der Waals surface area contributed by atoms with Crippen molar-refractivity contribution in [2.24, 2.45) is 0 Å². The van der Waals surface area contributed by atoms with E-state index in [2.05, 4.69) is 21.2 Å². The van der Waals surface area contributed by atoms with E-state index in [9.17, 15) is 27.8 Å². The van der Waals surface area contributed by atoms with Crippen LogP contribution >= 0.6 is 27.5 Å². The molecule has 3 N–H and O–H groups in total. The van der Waals surface area contributed by atoms with E-state index < -0.39 is 34.0 Å². The maximum absolute atomic E-state index is 13.4. The molecule has 1 saturated heterocycles. The molecule has 3 rings (SSSR count). The SMILES string of the molecule is O=C(Nc1ccc(F)c(Br)c1)c1ccc(Cl)c(S(=O)(=O)N2CCC(O)(CO)CC2)c1. The van der Waals surface area contributed by atoms with Crippen LogP contribution in [-0.4, -0.2) is 54.1 Å². The van der Waals surface area contributed by atoms with Gasteiger partial charge in [0.25, 0.3) is 5.91 Å². The van der Waals surface area contributed by atoms with E-state index in [1.54, 1.807) is 0 Å². The number of nitrogens with one attached hydrogen (secondary N) is 1. The second-order valence-corrected chi connectivity index (χ2v) is 10.2. The largest absolute Gasteiger partial charge is 0.393 e. The topological polar surface area (TPSA) is 107 Å². The van der Waals surface area contributed by atoms with Gasteiger partial charge in [-0.05, 0) is 65.2 Å². The minimum absolute atomic E-state index is 0.00968. The van der Waals surface area contributed by atoms with Crippen molar-refractivity contribution in [3.63, 3.8) is 0 Å². The summed E-state index contributed by atoms with van der Waals surface area (Å²) in [6.45, 7) is -0.428. The monoisotopic (exact) mass is 520 g/mol. The number of aliphatic hydroxyl groups excluding tert-OH is 1. The van der Waals surface area contributed by atoms with Crippen LogP contribution in [0.1, 0.15) is 23.2 Å². The Morgan fingerprint density at radius 2 is 1.90 bits per heavy atom. The number of benzene rings is 2. The number of carbonyl (C=O) groups excluding carboxylic acids is 1. The fourth-order valence-electron chi connectivity index (χ4n) is 3.06. The zero-order chi connectivity index (χ0) is 22.1. The molecule has 11 heteroatoms. The molecule has 162 valence electrons. The summed E-state index contributed by atoms with van der Waals surface area (Å²) in [5.41, 5.74) is -0.921. The molecule has 1 amide bonds. The first-order valence-electron chi connectivity index (χ1n) is 8.95. The first kappa shape index (κ1) is 23.1. The lowest BCUT2D eigenvalue weighted by Crippen LogP contribution is -2.48. The molecular weight excluding hydrogens is 503 g/mol. The second-order valence-electron chi connectivity index (χ2n) is 7.01. The maximum Gasteiger partial charge on any atom is 0.255 e. The van der Waals surface area contributed by atoms with Gasteiger partial charge in [-0.2, -0.15) is 4.31 Å². The number of amides is 1. The number of hydrogen-bond acceptors (Lipinski definition) is 5. The third-order valence-corrected chi connectivity index (χ3v) is 7.92. The van der Waals surface area contributed by atoms with Gasteiger partial charge in [-0.3, -0.25) is 4.79 Å². The molecule has 1 fully saturated rings. The Morgan fingerprint density at radius 3 is 2.50 bits per heavy atom. The number of halogens is 3. The molecule has 1 heterocycles. The third kappa shape index (κ3) is 4.84. The predicted octanol–water partition coefficient (Wildman–Crippen LogP) is 3.00. The quantitative estimate of drug-likeness (QED) is 0.561. The molecule has 0 bridgehead atoms. The average Bonchev–Trinajstić information content (AvgIpc) is 2.71. The van der Waals surface area contributed by atoms with Crippen molar-refractivity contribution < 1.29 is 27.8 Å². The van der Waals surface area contributed by atoms with Crippen LogP contribution in [0.3, 0.4) is 0 Å². The molecule has 0 radical (unpaired) electrons. The van der Waals surface area contributed by atoms with Crippen molar-refractivity contribution in [1.82, 2.24) is 4.31 Å². The second kappa shape index (κ2) is 8.89. The fourth-order valence-corrected chi connectivity index (χ4v) is 5.38. The highest BCUT2D eigenvalue weighted by Gasteiger charge is 2.37. The van der Waals surface area contributed by atoms with Crippen molar-refractivity contribution in [3.05, 3.63) is 57.3 Å². The number of sulfonamides is 1. The number of hydrogen-bond donors (Lipinski definition) is 3. The van der Waals surface area contributed by atoms with Crippen molar-refractivity contribution in [1.29, 1.82) is 0 Å². The Balaban J connectivity index is 1.84. The molecule has 0 atom stereocenters. The van der Waals surface area contributed by atoms with Crippen LogP contribution in [0, 0.1) is 5.82 Å². The van der Waals surface area contributed by atoms with Crippen LogP contribution in [0.5, 0.6) is 0 Å². The lowest BCUT2D eigenvalue weighted by atomic mass is 9.94. The standard InChI is InChI=1S/C19H19BrClFN2O5S/c20-14-10-13(2-4-16(14)22)23-18(26)12-1-3-15(21)17(9-12)30(28,29)24-7-5-19(27,11-25)6-8-24/h1-4,9-10,25,27H,5-8,11H2,(H,23,26). The van der Waals surface area contributed by atoms with Crippen LogP contribution in [0.2, 0.25) is 5.02 Å². The number of aliphatic hydroxyl groups is 2. The van der Waals surface area contributed by atoms with E-state index >= 15 is 0 Å². The minimum Gasteiger partial charge on any atom is -0.393 e. The molecule has 1 aliphatic heterocycles. The molecule has 0 saturated carbocycles. The molecule has 0 unspecified atom stereocenters. The summed E-state index contributed by atoms with van der Waals surface area (Å²) >= 11 is 9.15. The van der Waals surface area contributed by atoms with Gasteiger partial charge in [-0.15, -0.1) is 0 Å². The van der Waals surface area contributed by atoms with Gasteiger partial charge in [0.2, 0.25) is 10.0 Å². The van der Waals surface area contributed by atoms with E-state index in [1.165, 1.54) is 36.4 Å². The van der Waals surface area contributed by atoms with Gasteiger partial charge in [-0.1, -0.05) is 11.6 Å². The zero-order valence-electron chi connectivity index (χ0n) is 15.6. The molecule has 2 aromatic carbocycles. The Hall–Kier alpha value is -1.56. The van der Waals surface area contributed by atoms with Gasteiger partial charge in [0.15, 0.2) is 0 Å². The van der Waals surface area contributed by atoms with E-state index in [0.717, 1.165) is 4.31 Å². The molecule has 2 aromatic rings. The van der Waals surface area contributed by atoms with Gasteiger partial charge in [0.05, 0.1) is 21.7 Å². The van der Waals surface area contributed by atoms with Gasteiger partial charge >= 0.3 is 0 Å². The molecule has 30 heavy (non-hydrogen) atoms. The van der Waals surface area contributed by atoms with Crippen LogP contribution < -0.4 is 5.32 Å². The highest BCUT2D eigenvalue weighted by molar-refractivity contribution is 9.10. The molecule has 0 spiro atoms. The summed E-state index contributed by atoms with van der Waals surface area (Å²) in [6.07, 6.45) is 0.167. The van der Waals surface area contributed by atoms with Crippen molar-refractivity contribution in [3.8, 4) is 0 Å². The number of carbonyl (C=O) groups is 1. The summed E-state index contributed by atoms with van der Waals surface area (Å²) in [5, 5.41) is 21.9. The van der Waals surface area contributed by atoms with Gasteiger partial charge in [0.1, 0.15) is 10.7 Å². The third-order valence-electron chi connectivity index (χ3n) is 4.94. The van der Waals surface area contributed by atoms with E-state index in [1.807, 2.05) is 0 Å². The summed E-state index contributed by atoms with van der Waals surface area (Å²) in [7, 11) is -4.02. The Labute approximate surface area is 186 Å². The summed E-state index contributed by atoms with van der Waals surface area (Å²) in [5.74, 6) is -1.07. The van der Waals surface area contributed by atoms with Gasteiger partial charge < -0.3 is 15.5 Å². The summed E-state index contributed by atoms with van der Waals surface area (Å²) in [4.78, 5) is 12.3. The fraction of sp³-hybridized carbons (Fsp3) is 0.316. The Kier molecular flexibility index (Phi) is 6.85. The number of rotatable bonds is 5. The average molecular weight is 522 g/mol. The van der Waals surface area contributed by atoms with Crippen LogP contribution in [0.4, 0.5) is 10.1 Å². The molecular formula is C19H19BrClFN2O5S. The number of piperidine rings is 1. The predicted molar refractivity (Wildman–Crippen MR) is 114 cm³/mol. The Morgan fingerprint density at radius 1 is 1.23 bits per heavy atom. The molecule has 0 aromatic heterocycles. The van der Waals surface area contributed by atoms with Crippen molar-refractivity contribution in [2.75, 3.05) is 25.0 Å². The molecule has 1 aliphatic rings. The summed E-state index contributed by atoms with van der Waals surface area (Å²) in [6, 6.07) is 7.83. The normalized spacial score (nSPS) is 17.0. The smallest absolute Gasteiger partial charge is 0.255 e. The lowest BCUT2D eigenvalue weighted by molar-refractivity contribution is -0.0480. The van der Waals surface area contributed by atoms with Crippen LogP contribution in [-0.2, 0) is 10.0 Å². The van der Waals surface area contributed by atoms with Crippen LogP contribution in [0.15, 0.2) is 45.8 Å². The van der Waals surface area contributed by atoms with E-state index in [4.69, 9.17) is 11.6 Å². The van der Waals surface area contributed by atoms with Crippen LogP contribution in [0.25, 0.3) is 0 Å². The van der Waals surface area contributed by atoms with Crippen molar-refractivity contribution >= 4 is 49.1 Å². The molecule has 0 aliphatic carbocycles. The number of nitrogens with zero attached hydrogens (tertiary/aromatic N) is 1. The van der Waals surface area contributed by atoms with Gasteiger partial charge in [0, 0.05) is 24.3 Å². The van der Waals surface area contributed by atoms with E-state index in [0.29, 0.717) is 5.69 Å². The highest BCUT2D eigenvalue weighted by Crippen LogP contribution is 2.30. The lowest BCUT2D eigenvalue weighted by Gasteiger charge is -2.36.